The molecule has 0 bridgehead atoms. The number of imidazole rings is 1. The fourth-order valence-corrected chi connectivity index (χ4v) is 5.25. The summed E-state index contributed by atoms with van der Waals surface area (Å²) in [6, 6.07) is 7.37. The Labute approximate surface area is 166 Å². The maximum Gasteiger partial charge on any atom is 0.0955 e. The summed E-state index contributed by atoms with van der Waals surface area (Å²) in [5.41, 5.74) is 3.77. The van der Waals surface area contributed by atoms with Gasteiger partial charge in [-0.1, -0.05) is 18.0 Å². The molecule has 1 aromatic heterocycles. The minimum Gasteiger partial charge on any atom is -0.378 e. The first kappa shape index (κ1) is 19.2. The van der Waals surface area contributed by atoms with Crippen LogP contribution >= 0.6 is 11.9 Å². The predicted molar refractivity (Wildman–Crippen MR) is 113 cm³/mol. The number of fused-ring (bicyclic) bond motifs is 1. The molecule has 1 aliphatic heterocycles. The lowest BCUT2D eigenvalue weighted by Gasteiger charge is -2.34. The zero-order chi connectivity index (χ0) is 18.6. The predicted octanol–water partition coefficient (Wildman–Crippen LogP) is 3.46. The fourth-order valence-electron chi connectivity index (χ4n) is 4.63. The van der Waals surface area contributed by atoms with Crippen molar-refractivity contribution in [3.05, 3.63) is 30.1 Å². The van der Waals surface area contributed by atoms with Gasteiger partial charge in [0.15, 0.2) is 0 Å². The number of benzene rings is 1. The Morgan fingerprint density at radius 1 is 1.26 bits per heavy atom. The Hall–Kier alpha value is -1.08. The Morgan fingerprint density at radius 2 is 2.11 bits per heavy atom. The molecular weight excluding hydrogens is 356 g/mol. The van der Waals surface area contributed by atoms with Crippen LogP contribution < -0.4 is 10.0 Å². The molecule has 1 aliphatic carbocycles. The molecule has 0 radical (unpaired) electrons. The van der Waals surface area contributed by atoms with Crippen LogP contribution in [0.1, 0.15) is 43.6 Å². The maximum atomic E-state index is 6.35. The minimum atomic E-state index is 0.427. The third-order valence-electron chi connectivity index (χ3n) is 6.32. The van der Waals surface area contributed by atoms with Gasteiger partial charge in [-0.3, -0.25) is 4.72 Å². The second kappa shape index (κ2) is 8.95. The molecule has 4 rings (SSSR count). The summed E-state index contributed by atoms with van der Waals surface area (Å²) >= 11 is 1.73. The van der Waals surface area contributed by atoms with E-state index in [9.17, 15) is 0 Å². The van der Waals surface area contributed by atoms with Crippen molar-refractivity contribution in [3.8, 4) is 0 Å². The first-order valence-electron chi connectivity index (χ1n) is 10.3. The molecule has 2 heterocycles. The molecule has 1 saturated heterocycles. The number of hydrogen-bond acceptors (Lipinski definition) is 5. The normalized spacial score (nSPS) is 29.3. The Bertz CT molecular complexity index is 739. The largest absolute Gasteiger partial charge is 0.378 e. The first-order chi connectivity index (χ1) is 13.2. The Balaban J connectivity index is 1.28. The molecule has 2 aromatic rings. The van der Waals surface area contributed by atoms with E-state index < -0.39 is 0 Å². The summed E-state index contributed by atoms with van der Waals surface area (Å²) in [6.45, 7) is 3.05. The number of ether oxygens (including phenoxy) is 1. The van der Waals surface area contributed by atoms with E-state index in [1.54, 1.807) is 11.9 Å². The van der Waals surface area contributed by atoms with Crippen LogP contribution in [0.5, 0.6) is 0 Å². The van der Waals surface area contributed by atoms with Crippen LogP contribution in [0.25, 0.3) is 11.0 Å². The van der Waals surface area contributed by atoms with Gasteiger partial charge in [0.25, 0.3) is 0 Å². The molecule has 27 heavy (non-hydrogen) atoms. The molecule has 1 aromatic carbocycles. The Kier molecular flexibility index (Phi) is 6.38. The highest BCUT2D eigenvalue weighted by atomic mass is 32.2. The van der Waals surface area contributed by atoms with Gasteiger partial charge in [0.05, 0.1) is 30.1 Å². The molecule has 2 atom stereocenters. The summed E-state index contributed by atoms with van der Waals surface area (Å²) in [5.74, 6) is 1.23. The average Bonchev–Trinajstić information content (AvgIpc) is 3.08. The SMILES string of the molecule is CSNC1CCNCC1COC1CCC(c2ccc3c(c2)ncn3C)CC1. The van der Waals surface area contributed by atoms with Gasteiger partial charge in [-0.25, -0.2) is 4.98 Å². The number of nitrogens with one attached hydrogen (secondary N) is 2. The van der Waals surface area contributed by atoms with E-state index in [1.165, 1.54) is 43.2 Å². The highest BCUT2D eigenvalue weighted by molar-refractivity contribution is 7.96. The lowest BCUT2D eigenvalue weighted by Crippen LogP contribution is -2.47. The van der Waals surface area contributed by atoms with E-state index in [4.69, 9.17) is 4.74 Å². The molecule has 0 amide bonds. The third kappa shape index (κ3) is 4.50. The lowest BCUT2D eigenvalue weighted by atomic mass is 9.82. The topological polar surface area (TPSA) is 51.1 Å². The van der Waals surface area contributed by atoms with Crippen LogP contribution in [0.3, 0.4) is 0 Å². The van der Waals surface area contributed by atoms with Crippen molar-refractivity contribution in [3.63, 3.8) is 0 Å². The number of hydrogen-bond donors (Lipinski definition) is 2. The van der Waals surface area contributed by atoms with Crippen molar-refractivity contribution in [1.29, 1.82) is 0 Å². The van der Waals surface area contributed by atoms with Crippen LogP contribution in [0.4, 0.5) is 0 Å². The van der Waals surface area contributed by atoms with E-state index in [0.717, 1.165) is 25.2 Å². The molecule has 0 spiro atoms. The highest BCUT2D eigenvalue weighted by Crippen LogP contribution is 2.35. The van der Waals surface area contributed by atoms with Gasteiger partial charge in [0.2, 0.25) is 0 Å². The van der Waals surface area contributed by atoms with Crippen molar-refractivity contribution < 1.29 is 4.74 Å². The highest BCUT2D eigenvalue weighted by Gasteiger charge is 2.28. The summed E-state index contributed by atoms with van der Waals surface area (Å²) in [5, 5.41) is 3.52. The standard InChI is InChI=1S/C21H32N4OS/c1-25-14-23-20-11-16(5-8-21(20)25)15-3-6-18(7-4-15)26-13-17-12-22-10-9-19(17)24-27-2/h5,8,11,14-15,17-19,22,24H,3-4,6-7,9-10,12-13H2,1-2H3. The van der Waals surface area contributed by atoms with Crippen molar-refractivity contribution >= 4 is 23.0 Å². The van der Waals surface area contributed by atoms with E-state index in [-0.39, 0.29) is 0 Å². The summed E-state index contributed by atoms with van der Waals surface area (Å²) < 4.78 is 12.0. The average molecular weight is 389 g/mol. The second-order valence-electron chi connectivity index (χ2n) is 8.09. The molecular formula is C21H32N4OS. The maximum absolute atomic E-state index is 6.35. The molecule has 148 valence electrons. The molecule has 2 aliphatic rings. The van der Waals surface area contributed by atoms with Crippen LogP contribution in [0.2, 0.25) is 0 Å². The minimum absolute atomic E-state index is 0.427. The van der Waals surface area contributed by atoms with Gasteiger partial charge in [-0.15, -0.1) is 0 Å². The molecule has 6 heteroatoms. The zero-order valence-corrected chi connectivity index (χ0v) is 17.3. The molecule has 5 nitrogen and oxygen atoms in total. The van der Waals surface area contributed by atoms with Crippen LogP contribution in [0.15, 0.2) is 24.5 Å². The van der Waals surface area contributed by atoms with Crippen molar-refractivity contribution in [2.75, 3.05) is 26.0 Å². The van der Waals surface area contributed by atoms with E-state index in [1.807, 2.05) is 6.33 Å². The summed E-state index contributed by atoms with van der Waals surface area (Å²) in [7, 11) is 2.05. The molecule has 2 N–H and O–H groups in total. The number of nitrogens with zero attached hydrogens (tertiary/aromatic N) is 2. The summed E-state index contributed by atoms with van der Waals surface area (Å²) in [6.07, 6.45) is 10.4. The van der Waals surface area contributed by atoms with Gasteiger partial charge in [0, 0.05) is 25.6 Å². The van der Waals surface area contributed by atoms with Crippen LogP contribution in [0, 0.1) is 5.92 Å². The fraction of sp³-hybridized carbons (Fsp3) is 0.667. The lowest BCUT2D eigenvalue weighted by molar-refractivity contribution is -0.00384. The summed E-state index contributed by atoms with van der Waals surface area (Å²) in [4.78, 5) is 4.52. The van der Waals surface area contributed by atoms with E-state index in [2.05, 4.69) is 51.1 Å². The zero-order valence-electron chi connectivity index (χ0n) is 16.5. The smallest absolute Gasteiger partial charge is 0.0955 e. The van der Waals surface area contributed by atoms with Crippen molar-refractivity contribution in [1.82, 2.24) is 19.6 Å². The van der Waals surface area contributed by atoms with E-state index >= 15 is 0 Å². The van der Waals surface area contributed by atoms with Crippen LogP contribution in [-0.4, -0.2) is 47.6 Å². The van der Waals surface area contributed by atoms with Gasteiger partial charge < -0.3 is 14.6 Å². The Morgan fingerprint density at radius 3 is 2.93 bits per heavy atom. The number of aryl methyl sites for hydroxylation is 1. The van der Waals surface area contributed by atoms with Crippen molar-refractivity contribution in [2.24, 2.45) is 13.0 Å². The van der Waals surface area contributed by atoms with Crippen LogP contribution in [-0.2, 0) is 11.8 Å². The van der Waals surface area contributed by atoms with Gasteiger partial charge >= 0.3 is 0 Å². The molecule has 1 saturated carbocycles. The van der Waals surface area contributed by atoms with Gasteiger partial charge in [-0.2, -0.15) is 0 Å². The second-order valence-corrected chi connectivity index (χ2v) is 8.74. The molecule has 2 fully saturated rings. The van der Waals surface area contributed by atoms with Gasteiger partial charge in [0.1, 0.15) is 0 Å². The number of aromatic nitrogens is 2. The quantitative estimate of drug-likeness (QED) is 0.742. The molecule has 2 unspecified atom stereocenters. The van der Waals surface area contributed by atoms with Gasteiger partial charge in [-0.05, 0) is 68.5 Å². The van der Waals surface area contributed by atoms with Crippen molar-refractivity contribution in [2.45, 2.75) is 50.2 Å². The number of rotatable bonds is 6. The third-order valence-corrected chi connectivity index (χ3v) is 6.86. The first-order valence-corrected chi connectivity index (χ1v) is 11.5. The van der Waals surface area contributed by atoms with E-state index in [0.29, 0.717) is 24.0 Å². The number of piperidine rings is 1. The monoisotopic (exact) mass is 388 g/mol.